The third kappa shape index (κ3) is 5.61. The molecule has 2 aromatic carbocycles. The van der Waals surface area contributed by atoms with E-state index in [1.54, 1.807) is 18.2 Å². The number of halogens is 1. The van der Waals surface area contributed by atoms with Gasteiger partial charge in [-0.05, 0) is 37.3 Å². The molecule has 1 unspecified atom stereocenters. The standard InChI is InChI=1S/C19H20ClNO7S/c1-11(18(22)21-16-9-12(26-2)5-8-17(16)27-3)28-19(23)14-10-13(29(4,24)25)6-7-15(14)20/h5-11H,1-4H3,(H,21,22). The van der Waals surface area contributed by atoms with E-state index < -0.39 is 27.8 Å². The van der Waals surface area contributed by atoms with Crippen molar-refractivity contribution < 1.29 is 32.2 Å². The first-order valence-corrected chi connectivity index (χ1v) is 10.6. The Bertz CT molecular complexity index is 1040. The van der Waals surface area contributed by atoms with Crippen LogP contribution in [0.1, 0.15) is 17.3 Å². The summed E-state index contributed by atoms with van der Waals surface area (Å²) in [6.45, 7) is 1.37. The Morgan fingerprint density at radius 2 is 1.76 bits per heavy atom. The lowest BCUT2D eigenvalue weighted by molar-refractivity contribution is -0.123. The molecule has 156 valence electrons. The molecule has 0 aliphatic heterocycles. The van der Waals surface area contributed by atoms with Crippen molar-refractivity contribution in [1.82, 2.24) is 0 Å². The average molecular weight is 442 g/mol. The van der Waals surface area contributed by atoms with E-state index in [2.05, 4.69) is 5.32 Å². The third-order valence-corrected chi connectivity index (χ3v) is 5.34. The topological polar surface area (TPSA) is 108 Å². The summed E-state index contributed by atoms with van der Waals surface area (Å²) >= 11 is 5.98. The molecule has 0 saturated heterocycles. The van der Waals surface area contributed by atoms with Gasteiger partial charge < -0.3 is 19.5 Å². The largest absolute Gasteiger partial charge is 0.497 e. The zero-order valence-electron chi connectivity index (χ0n) is 16.2. The molecule has 1 atom stereocenters. The van der Waals surface area contributed by atoms with Crippen LogP contribution in [0, 0.1) is 0 Å². The first-order chi connectivity index (χ1) is 13.6. The SMILES string of the molecule is COc1ccc(OC)c(NC(=O)C(C)OC(=O)c2cc(S(C)(=O)=O)ccc2Cl)c1. The molecular weight excluding hydrogens is 422 g/mol. The summed E-state index contributed by atoms with van der Waals surface area (Å²) in [6.07, 6.45) is -0.195. The summed E-state index contributed by atoms with van der Waals surface area (Å²) in [4.78, 5) is 24.8. The Hall–Kier alpha value is -2.78. The number of hydrogen-bond donors (Lipinski definition) is 1. The lowest BCUT2D eigenvalue weighted by Gasteiger charge is -2.16. The van der Waals surface area contributed by atoms with Crippen molar-refractivity contribution in [2.75, 3.05) is 25.8 Å². The molecule has 8 nitrogen and oxygen atoms in total. The number of esters is 1. The minimum Gasteiger partial charge on any atom is -0.497 e. The Labute approximate surface area is 173 Å². The molecule has 2 rings (SSSR count). The molecule has 0 aromatic heterocycles. The van der Waals surface area contributed by atoms with Crippen molar-refractivity contribution in [3.63, 3.8) is 0 Å². The minimum atomic E-state index is -3.55. The van der Waals surface area contributed by atoms with E-state index in [1.807, 2.05) is 0 Å². The molecule has 1 N–H and O–H groups in total. The van der Waals surface area contributed by atoms with Gasteiger partial charge in [0.25, 0.3) is 5.91 Å². The lowest BCUT2D eigenvalue weighted by Crippen LogP contribution is -2.30. The number of hydrogen-bond acceptors (Lipinski definition) is 7. The predicted octanol–water partition coefficient (Wildman–Crippen LogP) is 2.94. The average Bonchev–Trinajstić information content (AvgIpc) is 2.67. The van der Waals surface area contributed by atoms with E-state index in [1.165, 1.54) is 33.3 Å². The second-order valence-corrected chi connectivity index (χ2v) is 8.44. The highest BCUT2D eigenvalue weighted by Gasteiger charge is 2.23. The molecular formula is C19H20ClNO7S. The van der Waals surface area contributed by atoms with Crippen LogP contribution in [0.3, 0.4) is 0 Å². The van der Waals surface area contributed by atoms with Gasteiger partial charge in [0.05, 0.1) is 35.4 Å². The third-order valence-electron chi connectivity index (χ3n) is 3.90. The predicted molar refractivity (Wildman–Crippen MR) is 108 cm³/mol. The van der Waals surface area contributed by atoms with E-state index in [0.29, 0.717) is 17.2 Å². The van der Waals surface area contributed by atoms with Crippen molar-refractivity contribution in [3.8, 4) is 11.5 Å². The van der Waals surface area contributed by atoms with Crippen molar-refractivity contribution in [1.29, 1.82) is 0 Å². The normalized spacial score (nSPS) is 12.0. The molecule has 10 heteroatoms. The van der Waals surface area contributed by atoms with Gasteiger partial charge in [-0.3, -0.25) is 4.79 Å². The number of nitrogens with one attached hydrogen (secondary N) is 1. The van der Waals surface area contributed by atoms with Crippen LogP contribution in [0.5, 0.6) is 11.5 Å². The van der Waals surface area contributed by atoms with Crippen molar-refractivity contribution in [2.45, 2.75) is 17.9 Å². The molecule has 0 aliphatic carbocycles. The fourth-order valence-electron chi connectivity index (χ4n) is 2.32. The van der Waals surface area contributed by atoms with E-state index in [-0.39, 0.29) is 15.5 Å². The van der Waals surface area contributed by atoms with Crippen LogP contribution in [-0.2, 0) is 19.4 Å². The number of benzene rings is 2. The van der Waals surface area contributed by atoms with Crippen LogP contribution in [0.2, 0.25) is 5.02 Å². The quantitative estimate of drug-likeness (QED) is 0.658. The number of carbonyl (C=O) groups is 2. The molecule has 29 heavy (non-hydrogen) atoms. The van der Waals surface area contributed by atoms with Crippen LogP contribution in [-0.4, -0.2) is 46.9 Å². The number of ether oxygens (including phenoxy) is 3. The zero-order chi connectivity index (χ0) is 21.8. The lowest BCUT2D eigenvalue weighted by atomic mass is 10.2. The number of sulfone groups is 1. The minimum absolute atomic E-state index is 0.00414. The number of methoxy groups -OCH3 is 2. The fourth-order valence-corrected chi connectivity index (χ4v) is 3.16. The summed E-state index contributed by atoms with van der Waals surface area (Å²) in [6, 6.07) is 8.49. The van der Waals surface area contributed by atoms with Gasteiger partial charge in [0.15, 0.2) is 15.9 Å². The zero-order valence-corrected chi connectivity index (χ0v) is 17.8. The van der Waals surface area contributed by atoms with Gasteiger partial charge in [-0.25, -0.2) is 13.2 Å². The fraction of sp³-hybridized carbons (Fsp3) is 0.263. The second kappa shape index (κ2) is 9.15. The van der Waals surface area contributed by atoms with Crippen molar-refractivity contribution in [3.05, 3.63) is 47.0 Å². The molecule has 2 aromatic rings. The smallest absolute Gasteiger partial charge is 0.340 e. The Balaban J connectivity index is 2.17. The van der Waals surface area contributed by atoms with E-state index in [9.17, 15) is 18.0 Å². The molecule has 0 fully saturated rings. The Kier molecular flexibility index (Phi) is 7.10. The van der Waals surface area contributed by atoms with Gasteiger partial charge in [0.1, 0.15) is 11.5 Å². The summed E-state index contributed by atoms with van der Waals surface area (Å²) < 4.78 is 38.8. The van der Waals surface area contributed by atoms with Crippen molar-refractivity contribution >= 4 is 39.0 Å². The van der Waals surface area contributed by atoms with E-state index in [4.69, 9.17) is 25.8 Å². The second-order valence-electron chi connectivity index (χ2n) is 6.02. The summed E-state index contributed by atoms with van der Waals surface area (Å²) in [7, 11) is -0.626. The number of carbonyl (C=O) groups excluding carboxylic acids is 2. The molecule has 0 bridgehead atoms. The Morgan fingerprint density at radius 3 is 2.34 bits per heavy atom. The maximum absolute atomic E-state index is 12.4. The molecule has 1 amide bonds. The van der Waals surface area contributed by atoms with Gasteiger partial charge in [0.2, 0.25) is 0 Å². The molecule has 0 saturated carbocycles. The van der Waals surface area contributed by atoms with Crippen LogP contribution in [0.4, 0.5) is 5.69 Å². The molecule has 0 aliphatic rings. The summed E-state index contributed by atoms with van der Waals surface area (Å²) in [5.41, 5.74) is 0.171. The van der Waals surface area contributed by atoms with Crippen LogP contribution >= 0.6 is 11.6 Å². The van der Waals surface area contributed by atoms with Crippen molar-refractivity contribution in [2.24, 2.45) is 0 Å². The highest BCUT2D eigenvalue weighted by molar-refractivity contribution is 7.90. The van der Waals surface area contributed by atoms with Gasteiger partial charge in [-0.1, -0.05) is 11.6 Å². The number of rotatable bonds is 7. The Morgan fingerprint density at radius 1 is 1.07 bits per heavy atom. The highest BCUT2D eigenvalue weighted by Crippen LogP contribution is 2.29. The maximum Gasteiger partial charge on any atom is 0.340 e. The van der Waals surface area contributed by atoms with E-state index in [0.717, 1.165) is 12.3 Å². The van der Waals surface area contributed by atoms with Crippen LogP contribution < -0.4 is 14.8 Å². The maximum atomic E-state index is 12.4. The molecule has 0 radical (unpaired) electrons. The summed E-state index contributed by atoms with van der Waals surface area (Å²) in [5, 5.41) is 2.60. The van der Waals surface area contributed by atoms with Gasteiger partial charge in [-0.15, -0.1) is 0 Å². The number of amides is 1. The highest BCUT2D eigenvalue weighted by atomic mass is 35.5. The van der Waals surface area contributed by atoms with E-state index >= 15 is 0 Å². The van der Waals surface area contributed by atoms with Gasteiger partial charge in [-0.2, -0.15) is 0 Å². The van der Waals surface area contributed by atoms with Crippen LogP contribution in [0.25, 0.3) is 0 Å². The van der Waals surface area contributed by atoms with Gasteiger partial charge >= 0.3 is 5.97 Å². The monoisotopic (exact) mass is 441 g/mol. The van der Waals surface area contributed by atoms with Gasteiger partial charge in [0, 0.05) is 12.3 Å². The summed E-state index contributed by atoms with van der Waals surface area (Å²) in [5.74, 6) is -0.669. The molecule has 0 heterocycles. The molecule has 0 spiro atoms. The first-order valence-electron chi connectivity index (χ1n) is 8.30. The first kappa shape index (κ1) is 22.5. The number of anilines is 1. The van der Waals surface area contributed by atoms with Crippen LogP contribution in [0.15, 0.2) is 41.3 Å².